The molecule has 84 valence electrons. The van der Waals surface area contributed by atoms with Gasteiger partial charge in [0.15, 0.2) is 0 Å². The molecular weight excluding hydrogens is 228 g/mol. The number of hydrogen-bond donors (Lipinski definition) is 2. The molecule has 0 aliphatic heterocycles. The molecule has 0 atom stereocenters. The number of sulfonamides is 1. The Morgan fingerprint density at radius 2 is 2.00 bits per heavy atom. The Hall–Kier alpha value is -1.28. The largest absolute Gasteiger partial charge is 0.383 e. The van der Waals surface area contributed by atoms with Crippen LogP contribution in [0.4, 0.5) is 14.6 Å². The second kappa shape index (κ2) is 3.70. The molecule has 1 aromatic rings. The third kappa shape index (κ3) is 2.39. The third-order valence-corrected chi connectivity index (χ3v) is 2.70. The van der Waals surface area contributed by atoms with Gasteiger partial charge in [-0.15, -0.1) is 0 Å². The maximum atomic E-state index is 12.4. The minimum Gasteiger partial charge on any atom is -0.383 e. The van der Waals surface area contributed by atoms with E-state index in [-0.39, 0.29) is 11.4 Å². The number of aryl methyl sites for hydroxylation is 1. The first-order chi connectivity index (χ1) is 6.73. The summed E-state index contributed by atoms with van der Waals surface area (Å²) < 4.78 is 46.8. The number of nitrogens with zero attached hydrogens (tertiary/aromatic N) is 1. The Balaban J connectivity index is 3.56. The fraction of sp³-hybridized carbons (Fsp3) is 0.286. The van der Waals surface area contributed by atoms with Crippen molar-refractivity contribution in [2.24, 2.45) is 5.14 Å². The molecule has 0 fully saturated rings. The van der Waals surface area contributed by atoms with Crippen molar-refractivity contribution in [2.45, 2.75) is 18.2 Å². The van der Waals surface area contributed by atoms with Gasteiger partial charge in [-0.05, 0) is 18.6 Å². The first-order valence-corrected chi connectivity index (χ1v) is 5.36. The van der Waals surface area contributed by atoms with Gasteiger partial charge in [-0.3, -0.25) is 0 Å². The lowest BCUT2D eigenvalue weighted by Crippen LogP contribution is -2.17. The minimum absolute atomic E-state index is 0.141. The molecule has 0 amide bonds. The lowest BCUT2D eigenvalue weighted by atomic mass is 10.2. The molecule has 1 heterocycles. The van der Waals surface area contributed by atoms with Crippen molar-refractivity contribution in [3.8, 4) is 0 Å². The number of hydrogen-bond acceptors (Lipinski definition) is 4. The van der Waals surface area contributed by atoms with Gasteiger partial charge in [0.25, 0.3) is 6.43 Å². The highest BCUT2D eigenvalue weighted by Gasteiger charge is 2.23. The highest BCUT2D eigenvalue weighted by atomic mass is 32.2. The van der Waals surface area contributed by atoms with Gasteiger partial charge in [0.2, 0.25) is 10.0 Å². The summed E-state index contributed by atoms with van der Waals surface area (Å²) in [5.74, 6) is -0.141. The van der Waals surface area contributed by atoms with E-state index in [0.29, 0.717) is 0 Å². The number of rotatable bonds is 2. The summed E-state index contributed by atoms with van der Waals surface area (Å²) in [7, 11) is -4.22. The lowest BCUT2D eigenvalue weighted by molar-refractivity contribution is 0.142. The van der Waals surface area contributed by atoms with Gasteiger partial charge in [0.05, 0.1) is 0 Å². The molecule has 8 heteroatoms. The van der Waals surface area contributed by atoms with Crippen LogP contribution in [0.1, 0.15) is 17.7 Å². The Bertz CT molecular complexity index is 487. The predicted octanol–water partition coefficient (Wildman–Crippen LogP) is 0.557. The number of halogens is 2. The first kappa shape index (κ1) is 11.8. The van der Waals surface area contributed by atoms with E-state index in [1.165, 1.54) is 6.92 Å². The van der Waals surface area contributed by atoms with Gasteiger partial charge in [-0.25, -0.2) is 27.3 Å². The number of primary sulfonamides is 1. The molecule has 0 aliphatic rings. The van der Waals surface area contributed by atoms with E-state index in [2.05, 4.69) is 4.98 Å². The molecule has 15 heavy (non-hydrogen) atoms. The summed E-state index contributed by atoms with van der Waals surface area (Å²) in [6.45, 7) is 1.45. The first-order valence-electron chi connectivity index (χ1n) is 3.81. The molecule has 5 nitrogen and oxygen atoms in total. The van der Waals surface area contributed by atoms with E-state index in [1.807, 2.05) is 0 Å². The third-order valence-electron chi connectivity index (χ3n) is 1.76. The zero-order valence-corrected chi connectivity index (χ0v) is 8.55. The van der Waals surface area contributed by atoms with Crippen molar-refractivity contribution >= 4 is 15.8 Å². The van der Waals surface area contributed by atoms with Crippen molar-refractivity contribution in [3.05, 3.63) is 17.3 Å². The number of aromatic nitrogens is 1. The Morgan fingerprint density at radius 3 is 2.40 bits per heavy atom. The zero-order valence-electron chi connectivity index (χ0n) is 7.74. The molecule has 0 unspecified atom stereocenters. The van der Waals surface area contributed by atoms with Crippen molar-refractivity contribution in [3.63, 3.8) is 0 Å². The topological polar surface area (TPSA) is 99.1 Å². The molecule has 1 rings (SSSR count). The van der Waals surface area contributed by atoms with Crippen LogP contribution in [0.5, 0.6) is 0 Å². The average molecular weight is 237 g/mol. The Kier molecular flexibility index (Phi) is 2.91. The number of anilines is 1. The molecule has 0 aromatic carbocycles. The molecule has 4 N–H and O–H groups in total. The van der Waals surface area contributed by atoms with Crippen LogP contribution in [0.25, 0.3) is 0 Å². The maximum Gasteiger partial charge on any atom is 0.281 e. The van der Waals surface area contributed by atoms with E-state index in [1.54, 1.807) is 0 Å². The molecule has 0 saturated heterocycles. The number of nitrogen functional groups attached to an aromatic ring is 1. The summed E-state index contributed by atoms with van der Waals surface area (Å²) in [5.41, 5.74) is 4.66. The van der Waals surface area contributed by atoms with Crippen LogP contribution in [0.2, 0.25) is 0 Å². The monoisotopic (exact) mass is 237 g/mol. The van der Waals surface area contributed by atoms with Gasteiger partial charge >= 0.3 is 0 Å². The van der Waals surface area contributed by atoms with Crippen molar-refractivity contribution in [1.82, 2.24) is 4.98 Å². The second-order valence-electron chi connectivity index (χ2n) is 2.92. The van der Waals surface area contributed by atoms with Gasteiger partial charge < -0.3 is 5.73 Å². The van der Waals surface area contributed by atoms with Crippen molar-refractivity contribution < 1.29 is 17.2 Å². The van der Waals surface area contributed by atoms with E-state index in [9.17, 15) is 17.2 Å². The SMILES string of the molecule is Cc1cc(S(N)(=O)=O)c(C(F)F)nc1N. The number of pyridine rings is 1. The normalized spacial score (nSPS) is 12.1. The summed E-state index contributed by atoms with van der Waals surface area (Å²) >= 11 is 0. The standard InChI is InChI=1S/C7H9F2N3O2S/c1-3-2-4(15(11,13)14)5(6(8)9)12-7(3)10/h2,6H,1H3,(H2,10,12)(H2,11,13,14). The average Bonchev–Trinajstić information content (AvgIpc) is 2.06. The highest BCUT2D eigenvalue weighted by molar-refractivity contribution is 7.89. The fourth-order valence-corrected chi connectivity index (χ4v) is 1.77. The zero-order chi connectivity index (χ0) is 11.8. The van der Waals surface area contributed by atoms with E-state index in [4.69, 9.17) is 10.9 Å². The van der Waals surface area contributed by atoms with Gasteiger partial charge in [-0.1, -0.05) is 0 Å². The Morgan fingerprint density at radius 1 is 1.47 bits per heavy atom. The minimum atomic E-state index is -4.22. The Labute approximate surface area is 85.2 Å². The van der Waals surface area contributed by atoms with E-state index < -0.39 is 27.0 Å². The van der Waals surface area contributed by atoms with Gasteiger partial charge in [-0.2, -0.15) is 0 Å². The van der Waals surface area contributed by atoms with E-state index >= 15 is 0 Å². The summed E-state index contributed by atoms with van der Waals surface area (Å²) in [5, 5.41) is 4.77. The predicted molar refractivity (Wildman–Crippen MR) is 49.7 cm³/mol. The van der Waals surface area contributed by atoms with Crippen molar-refractivity contribution in [2.75, 3.05) is 5.73 Å². The molecule has 0 bridgehead atoms. The van der Waals surface area contributed by atoms with Crippen molar-refractivity contribution in [1.29, 1.82) is 0 Å². The number of nitrogens with two attached hydrogens (primary N) is 2. The molecular formula is C7H9F2N3O2S. The summed E-state index contributed by atoms with van der Waals surface area (Å²) in [4.78, 5) is 2.62. The maximum absolute atomic E-state index is 12.4. The summed E-state index contributed by atoms with van der Waals surface area (Å²) in [6, 6.07) is 0.985. The van der Waals surface area contributed by atoms with Crippen LogP contribution in [-0.4, -0.2) is 13.4 Å². The quantitative estimate of drug-likeness (QED) is 0.784. The molecule has 0 aliphatic carbocycles. The fourth-order valence-electron chi connectivity index (χ4n) is 1.00. The van der Waals surface area contributed by atoms with Crippen LogP contribution in [0, 0.1) is 6.92 Å². The van der Waals surface area contributed by atoms with Crippen LogP contribution in [0.15, 0.2) is 11.0 Å². The summed E-state index contributed by atoms with van der Waals surface area (Å²) in [6.07, 6.45) is -3.04. The second-order valence-corrected chi connectivity index (χ2v) is 4.45. The molecule has 0 saturated carbocycles. The lowest BCUT2D eigenvalue weighted by Gasteiger charge is -2.08. The van der Waals surface area contributed by atoms with Gasteiger partial charge in [0, 0.05) is 0 Å². The number of alkyl halides is 2. The molecule has 0 radical (unpaired) electrons. The van der Waals surface area contributed by atoms with Crippen LogP contribution >= 0.6 is 0 Å². The smallest absolute Gasteiger partial charge is 0.281 e. The van der Waals surface area contributed by atoms with Crippen LogP contribution in [0.3, 0.4) is 0 Å². The molecule has 1 aromatic heterocycles. The van der Waals surface area contributed by atoms with Gasteiger partial charge in [0.1, 0.15) is 16.4 Å². The van der Waals surface area contributed by atoms with Crippen LogP contribution < -0.4 is 10.9 Å². The van der Waals surface area contributed by atoms with E-state index in [0.717, 1.165) is 6.07 Å². The van der Waals surface area contributed by atoms with Crippen LogP contribution in [-0.2, 0) is 10.0 Å². The molecule has 0 spiro atoms. The highest BCUT2D eigenvalue weighted by Crippen LogP contribution is 2.26.